The van der Waals surface area contributed by atoms with E-state index in [-0.39, 0.29) is 5.97 Å². The van der Waals surface area contributed by atoms with Gasteiger partial charge in [-0.2, -0.15) is 0 Å². The topological polar surface area (TPSA) is 44.8 Å². The third-order valence-corrected chi connectivity index (χ3v) is 12.2. The Bertz CT molecular complexity index is 316. The van der Waals surface area contributed by atoms with Crippen LogP contribution in [0.5, 0.6) is 0 Å². The summed E-state index contributed by atoms with van der Waals surface area (Å²) in [6.45, 7) is 16.4. The van der Waals surface area contributed by atoms with Crippen LogP contribution >= 0.6 is 0 Å². The molecule has 0 aromatic rings. The third kappa shape index (κ3) is 9.33. The molecule has 0 radical (unpaired) electrons. The predicted octanol–water partition coefficient (Wildman–Crippen LogP) is 2.57. The lowest BCUT2D eigenvalue weighted by Gasteiger charge is -2.33. The molecule has 0 atom stereocenters. The molecule has 0 fully saturated rings. The Morgan fingerprint density at radius 2 is 1.84 bits per heavy atom. The number of carbonyl (C=O) groups excluding carboxylic acids is 1. The molecule has 0 heterocycles. The van der Waals surface area contributed by atoms with Crippen molar-refractivity contribution >= 4 is 32.6 Å². The third-order valence-electron chi connectivity index (χ3n) is 2.52. The molecule has 0 N–H and O–H groups in total. The van der Waals surface area contributed by atoms with Gasteiger partial charge < -0.3 is 13.0 Å². The standard InChI is InChI=1S/C12H28O4Si3/c1-11(2)12(13)14-9-8-10-18(4,5)16-19(6,7)15-17-3/h1,8-10,17H2,2-7H3. The molecule has 0 aromatic heterocycles. The molecule has 0 amide bonds. The van der Waals surface area contributed by atoms with Crippen molar-refractivity contribution in [3.8, 4) is 0 Å². The van der Waals surface area contributed by atoms with Crippen molar-refractivity contribution in [1.82, 2.24) is 0 Å². The van der Waals surface area contributed by atoms with Crippen molar-refractivity contribution in [2.45, 2.75) is 52.1 Å². The monoisotopic (exact) mass is 320 g/mol. The molecule has 0 unspecified atom stereocenters. The molecule has 0 aliphatic rings. The summed E-state index contributed by atoms with van der Waals surface area (Å²) in [5, 5.41) is 0. The van der Waals surface area contributed by atoms with Crippen molar-refractivity contribution in [2.75, 3.05) is 6.61 Å². The zero-order valence-electron chi connectivity index (χ0n) is 13.2. The molecular formula is C12H28O4Si3. The lowest BCUT2D eigenvalue weighted by Crippen LogP contribution is -2.47. The Balaban J connectivity index is 4.03. The summed E-state index contributed by atoms with van der Waals surface area (Å²) in [6, 6.07) is 0.974. The average molecular weight is 321 g/mol. The summed E-state index contributed by atoms with van der Waals surface area (Å²) in [6.07, 6.45) is 0.840. The minimum atomic E-state index is -1.94. The van der Waals surface area contributed by atoms with Crippen LogP contribution in [0, 0.1) is 0 Å². The number of esters is 1. The molecule has 112 valence electrons. The Labute approximate surface area is 121 Å². The first kappa shape index (κ1) is 18.8. The Morgan fingerprint density at radius 3 is 2.32 bits per heavy atom. The van der Waals surface area contributed by atoms with E-state index < -0.39 is 26.6 Å². The Hall–Kier alpha value is -0.219. The van der Waals surface area contributed by atoms with Crippen LogP contribution in [0.2, 0.25) is 38.8 Å². The average Bonchev–Trinajstić information content (AvgIpc) is 2.21. The normalized spacial score (nSPS) is 12.9. The second kappa shape index (κ2) is 8.15. The molecule has 0 rings (SSSR count). The molecule has 0 aliphatic carbocycles. The maximum Gasteiger partial charge on any atom is 0.333 e. The van der Waals surface area contributed by atoms with E-state index in [4.69, 9.17) is 13.0 Å². The molecule has 0 saturated carbocycles. The summed E-state index contributed by atoms with van der Waals surface area (Å²) < 4.78 is 17.2. The lowest BCUT2D eigenvalue weighted by molar-refractivity contribution is -0.138. The number of hydrogen-bond donors (Lipinski definition) is 0. The highest BCUT2D eigenvalue weighted by Gasteiger charge is 2.33. The van der Waals surface area contributed by atoms with Gasteiger partial charge >= 0.3 is 14.5 Å². The molecule has 0 aromatic carbocycles. The molecule has 19 heavy (non-hydrogen) atoms. The summed E-state index contributed by atoms with van der Waals surface area (Å²) >= 11 is 0. The fourth-order valence-corrected chi connectivity index (χ4v) is 12.2. The van der Waals surface area contributed by atoms with Crippen LogP contribution in [0.1, 0.15) is 13.3 Å². The zero-order valence-corrected chi connectivity index (χ0v) is 16.6. The van der Waals surface area contributed by atoms with Crippen LogP contribution in [0.3, 0.4) is 0 Å². The van der Waals surface area contributed by atoms with E-state index in [0.29, 0.717) is 12.2 Å². The van der Waals surface area contributed by atoms with Crippen LogP contribution in [0.15, 0.2) is 12.2 Å². The number of carbonyl (C=O) groups is 1. The quantitative estimate of drug-likeness (QED) is 0.283. The van der Waals surface area contributed by atoms with E-state index in [1.807, 2.05) is 0 Å². The lowest BCUT2D eigenvalue weighted by atomic mass is 10.4. The van der Waals surface area contributed by atoms with Gasteiger partial charge in [-0.3, -0.25) is 0 Å². The summed E-state index contributed by atoms with van der Waals surface area (Å²) in [4.78, 5) is 11.2. The Kier molecular flexibility index (Phi) is 8.06. The van der Waals surface area contributed by atoms with Gasteiger partial charge in [0.05, 0.1) is 6.61 Å². The smallest absolute Gasteiger partial charge is 0.333 e. The first-order valence-corrected chi connectivity index (χ1v) is 14.7. The van der Waals surface area contributed by atoms with E-state index in [2.05, 4.69) is 39.3 Å². The second-order valence-electron chi connectivity index (χ2n) is 5.71. The highest BCUT2D eigenvalue weighted by Crippen LogP contribution is 2.20. The van der Waals surface area contributed by atoms with Gasteiger partial charge in [0.1, 0.15) is 9.76 Å². The van der Waals surface area contributed by atoms with Gasteiger partial charge in [0.25, 0.3) is 0 Å². The summed E-state index contributed by atoms with van der Waals surface area (Å²) in [7, 11) is -4.09. The zero-order chi connectivity index (χ0) is 15.1. The van der Waals surface area contributed by atoms with E-state index in [9.17, 15) is 4.79 Å². The van der Waals surface area contributed by atoms with Gasteiger partial charge in [-0.05, 0) is 45.6 Å². The van der Waals surface area contributed by atoms with Crippen molar-refractivity contribution < 1.29 is 17.8 Å². The van der Waals surface area contributed by atoms with Gasteiger partial charge in [0.15, 0.2) is 8.32 Å². The van der Waals surface area contributed by atoms with Crippen molar-refractivity contribution in [3.63, 3.8) is 0 Å². The van der Waals surface area contributed by atoms with Crippen LogP contribution in [0.4, 0.5) is 0 Å². The number of ether oxygens (including phenoxy) is 1. The fraction of sp³-hybridized carbons (Fsp3) is 0.750. The minimum Gasteiger partial charge on any atom is -0.462 e. The van der Waals surface area contributed by atoms with Gasteiger partial charge in [0.2, 0.25) is 0 Å². The highest BCUT2D eigenvalue weighted by molar-refractivity contribution is 6.83. The molecule has 0 spiro atoms. The van der Waals surface area contributed by atoms with Crippen molar-refractivity contribution in [3.05, 3.63) is 12.2 Å². The van der Waals surface area contributed by atoms with Gasteiger partial charge in [-0.15, -0.1) is 0 Å². The SMILES string of the molecule is C=C(C)C(=O)OCCC[Si](C)(C)O[Si](C)(C)O[SiH2]C. The molecular weight excluding hydrogens is 292 g/mol. The molecule has 7 heteroatoms. The van der Waals surface area contributed by atoms with Gasteiger partial charge in [0, 0.05) is 5.57 Å². The maximum atomic E-state index is 11.2. The molecule has 0 aliphatic heterocycles. The van der Waals surface area contributed by atoms with E-state index in [0.717, 1.165) is 12.5 Å². The van der Waals surface area contributed by atoms with Crippen LogP contribution in [-0.2, 0) is 17.8 Å². The molecule has 0 bridgehead atoms. The van der Waals surface area contributed by atoms with Crippen molar-refractivity contribution in [1.29, 1.82) is 0 Å². The largest absolute Gasteiger partial charge is 0.462 e. The fourth-order valence-electron chi connectivity index (χ4n) is 1.88. The van der Waals surface area contributed by atoms with E-state index in [1.54, 1.807) is 6.92 Å². The first-order chi connectivity index (χ1) is 8.59. The summed E-state index contributed by atoms with van der Waals surface area (Å²) in [5.74, 6) is -0.310. The van der Waals surface area contributed by atoms with Crippen LogP contribution < -0.4 is 0 Å². The Morgan fingerprint density at radius 1 is 1.26 bits per heavy atom. The van der Waals surface area contributed by atoms with Crippen molar-refractivity contribution in [2.24, 2.45) is 0 Å². The predicted molar refractivity (Wildman–Crippen MR) is 86.7 cm³/mol. The minimum absolute atomic E-state index is 0.310. The van der Waals surface area contributed by atoms with Crippen LogP contribution in [-0.4, -0.2) is 39.2 Å². The van der Waals surface area contributed by atoms with Gasteiger partial charge in [-0.1, -0.05) is 13.1 Å². The number of hydrogen-bond acceptors (Lipinski definition) is 4. The summed E-state index contributed by atoms with van der Waals surface area (Å²) in [5.41, 5.74) is 0.447. The van der Waals surface area contributed by atoms with E-state index >= 15 is 0 Å². The first-order valence-electron chi connectivity index (χ1n) is 6.76. The highest BCUT2D eigenvalue weighted by atomic mass is 28.5. The molecule has 0 saturated heterocycles. The number of rotatable bonds is 9. The second-order valence-corrected chi connectivity index (χ2v) is 15.1. The van der Waals surface area contributed by atoms with Gasteiger partial charge in [-0.25, -0.2) is 4.79 Å². The van der Waals surface area contributed by atoms with E-state index in [1.165, 1.54) is 0 Å². The van der Waals surface area contributed by atoms with Crippen LogP contribution in [0.25, 0.3) is 0 Å². The molecule has 4 nitrogen and oxygen atoms in total. The maximum absolute atomic E-state index is 11.2.